The highest BCUT2D eigenvalue weighted by molar-refractivity contribution is 5.78. The summed E-state index contributed by atoms with van der Waals surface area (Å²) >= 11 is 0. The van der Waals surface area contributed by atoms with Gasteiger partial charge in [-0.2, -0.15) is 0 Å². The molecule has 1 aromatic heterocycles. The number of aryl methyl sites for hydroxylation is 1. The van der Waals surface area contributed by atoms with Gasteiger partial charge in [-0.15, -0.1) is 5.10 Å². The lowest BCUT2D eigenvalue weighted by Crippen LogP contribution is -2.61. The molecule has 0 spiro atoms. The highest BCUT2D eigenvalue weighted by Gasteiger charge is 2.44. The van der Waals surface area contributed by atoms with E-state index in [4.69, 9.17) is 0 Å². The van der Waals surface area contributed by atoms with Crippen LogP contribution in [0.1, 0.15) is 38.5 Å². The molecule has 0 aliphatic carbocycles. The van der Waals surface area contributed by atoms with Crippen molar-refractivity contribution in [2.75, 3.05) is 19.6 Å². The second-order valence-corrected chi connectivity index (χ2v) is 8.90. The van der Waals surface area contributed by atoms with Crippen LogP contribution in [0.2, 0.25) is 0 Å². The third-order valence-electron chi connectivity index (χ3n) is 6.92. The van der Waals surface area contributed by atoms with Crippen LogP contribution in [0.5, 0.6) is 0 Å². The van der Waals surface area contributed by atoms with E-state index in [1.165, 1.54) is 4.68 Å². The van der Waals surface area contributed by atoms with Gasteiger partial charge in [-0.05, 0) is 49.7 Å². The highest BCUT2D eigenvalue weighted by atomic mass is 16.2. The topological polar surface area (TPSA) is 88.4 Å². The molecule has 2 bridgehead atoms. The van der Waals surface area contributed by atoms with E-state index in [-0.39, 0.29) is 11.5 Å². The SMILES string of the molecule is O=C(CCCn1nnc2ccccc2c1=O)N1C[C@H]2C[C@@H](C1)C1CCCC(=O)N1C2. The Morgan fingerprint density at radius 3 is 2.90 bits per heavy atom. The summed E-state index contributed by atoms with van der Waals surface area (Å²) in [5.41, 5.74) is 0.424. The zero-order valence-electron chi connectivity index (χ0n) is 17.1. The van der Waals surface area contributed by atoms with Crippen molar-refractivity contribution in [3.8, 4) is 0 Å². The van der Waals surface area contributed by atoms with E-state index in [1.54, 1.807) is 12.1 Å². The van der Waals surface area contributed by atoms with Crippen LogP contribution >= 0.6 is 0 Å². The fourth-order valence-electron chi connectivity index (χ4n) is 5.52. The molecule has 5 rings (SSSR count). The molecule has 0 N–H and O–H groups in total. The number of amides is 2. The largest absolute Gasteiger partial charge is 0.342 e. The standard InChI is InChI=1S/C22H27N5O3/c28-20(9-4-10-27-22(30)17-5-1-2-6-18(17)23-24-27)25-12-15-11-16(14-25)19-7-3-8-21(29)26(19)13-15/h1-2,5-6,15-16,19H,3-4,7-14H2/t15-,16+,19?/m1/s1. The summed E-state index contributed by atoms with van der Waals surface area (Å²) in [7, 11) is 0. The van der Waals surface area contributed by atoms with Crippen molar-refractivity contribution in [2.24, 2.45) is 11.8 Å². The van der Waals surface area contributed by atoms with Gasteiger partial charge in [0.2, 0.25) is 11.8 Å². The second kappa shape index (κ2) is 7.81. The Bertz CT molecular complexity index is 1030. The fraction of sp³-hybridized carbons (Fsp3) is 0.591. The molecule has 3 saturated heterocycles. The van der Waals surface area contributed by atoms with Gasteiger partial charge in [-0.25, -0.2) is 4.68 Å². The van der Waals surface area contributed by atoms with Crippen LogP contribution in [0.25, 0.3) is 10.9 Å². The molecule has 3 aliphatic rings. The Balaban J connectivity index is 1.19. The van der Waals surface area contributed by atoms with E-state index in [2.05, 4.69) is 15.2 Å². The lowest BCUT2D eigenvalue weighted by molar-refractivity contribution is -0.148. The average molecular weight is 409 g/mol. The number of carbonyl (C=O) groups is 2. The van der Waals surface area contributed by atoms with Gasteiger partial charge in [0.1, 0.15) is 5.52 Å². The number of hydrogen-bond acceptors (Lipinski definition) is 5. The van der Waals surface area contributed by atoms with Crippen molar-refractivity contribution in [3.05, 3.63) is 34.6 Å². The van der Waals surface area contributed by atoms with E-state index in [0.717, 1.165) is 38.9 Å². The summed E-state index contributed by atoms with van der Waals surface area (Å²) in [6.45, 7) is 2.67. The molecule has 4 heterocycles. The van der Waals surface area contributed by atoms with E-state index in [0.29, 0.717) is 60.5 Å². The predicted molar refractivity (Wildman–Crippen MR) is 111 cm³/mol. The van der Waals surface area contributed by atoms with E-state index >= 15 is 0 Å². The molecule has 0 saturated carbocycles. The van der Waals surface area contributed by atoms with Crippen molar-refractivity contribution >= 4 is 22.7 Å². The molecule has 0 radical (unpaired) electrons. The third kappa shape index (κ3) is 3.48. The summed E-state index contributed by atoms with van der Waals surface area (Å²) in [6, 6.07) is 7.47. The van der Waals surface area contributed by atoms with Gasteiger partial charge in [0.05, 0.1) is 5.39 Å². The number of rotatable bonds is 4. The van der Waals surface area contributed by atoms with Crippen molar-refractivity contribution < 1.29 is 9.59 Å². The summed E-state index contributed by atoms with van der Waals surface area (Å²) in [5, 5.41) is 8.65. The molecule has 3 aliphatic heterocycles. The molecule has 3 atom stereocenters. The zero-order chi connectivity index (χ0) is 20.7. The highest BCUT2D eigenvalue weighted by Crippen LogP contribution is 2.38. The maximum atomic E-state index is 12.9. The fourth-order valence-corrected chi connectivity index (χ4v) is 5.52. The number of hydrogen-bond donors (Lipinski definition) is 0. The van der Waals surface area contributed by atoms with Crippen LogP contribution in [-0.4, -0.2) is 62.3 Å². The van der Waals surface area contributed by atoms with Gasteiger partial charge in [-0.3, -0.25) is 14.4 Å². The first kappa shape index (κ1) is 19.2. The predicted octanol–water partition coefficient (Wildman–Crippen LogP) is 1.43. The van der Waals surface area contributed by atoms with Crippen LogP contribution in [0.15, 0.2) is 29.1 Å². The Morgan fingerprint density at radius 2 is 2.00 bits per heavy atom. The second-order valence-electron chi connectivity index (χ2n) is 8.90. The Morgan fingerprint density at radius 1 is 1.13 bits per heavy atom. The molecule has 2 amide bonds. The van der Waals surface area contributed by atoms with E-state index < -0.39 is 0 Å². The Hall–Kier alpha value is -2.77. The van der Waals surface area contributed by atoms with Crippen molar-refractivity contribution in [2.45, 2.75) is 51.1 Å². The first-order valence-electron chi connectivity index (χ1n) is 11.0. The smallest absolute Gasteiger partial charge is 0.277 e. The van der Waals surface area contributed by atoms with Gasteiger partial charge in [-0.1, -0.05) is 17.3 Å². The van der Waals surface area contributed by atoms with E-state index in [1.807, 2.05) is 17.0 Å². The summed E-state index contributed by atoms with van der Waals surface area (Å²) in [5.74, 6) is 1.23. The Labute approximate surface area is 174 Å². The van der Waals surface area contributed by atoms with Crippen LogP contribution in [0, 0.1) is 11.8 Å². The molecule has 1 unspecified atom stereocenters. The van der Waals surface area contributed by atoms with Gasteiger partial charge in [0, 0.05) is 45.1 Å². The number of nitrogens with zero attached hydrogens (tertiary/aromatic N) is 5. The Kier molecular flexibility index (Phi) is 5.00. The molecule has 2 aromatic rings. The summed E-state index contributed by atoms with van der Waals surface area (Å²) in [4.78, 5) is 41.7. The average Bonchev–Trinajstić information content (AvgIpc) is 2.76. The maximum Gasteiger partial charge on any atom is 0.277 e. The molecular formula is C22H27N5O3. The van der Waals surface area contributed by atoms with Crippen LogP contribution in [-0.2, 0) is 16.1 Å². The number of carbonyl (C=O) groups excluding carboxylic acids is 2. The molecule has 8 heteroatoms. The minimum Gasteiger partial charge on any atom is -0.342 e. The normalized spacial score (nSPS) is 26.0. The molecule has 30 heavy (non-hydrogen) atoms. The van der Waals surface area contributed by atoms with Gasteiger partial charge < -0.3 is 9.80 Å². The molecular weight excluding hydrogens is 382 g/mol. The van der Waals surface area contributed by atoms with Crippen molar-refractivity contribution in [1.82, 2.24) is 24.8 Å². The van der Waals surface area contributed by atoms with Crippen molar-refractivity contribution in [1.29, 1.82) is 0 Å². The molecule has 1 aromatic carbocycles. The van der Waals surface area contributed by atoms with Crippen LogP contribution in [0.4, 0.5) is 0 Å². The molecule has 158 valence electrons. The number of fused-ring (bicyclic) bond motifs is 5. The lowest BCUT2D eigenvalue weighted by Gasteiger charge is -2.52. The number of benzene rings is 1. The van der Waals surface area contributed by atoms with Gasteiger partial charge >= 0.3 is 0 Å². The maximum absolute atomic E-state index is 12.9. The minimum atomic E-state index is -0.164. The molecule has 8 nitrogen and oxygen atoms in total. The first-order chi connectivity index (χ1) is 14.6. The zero-order valence-corrected chi connectivity index (χ0v) is 17.1. The minimum absolute atomic E-state index is 0.141. The van der Waals surface area contributed by atoms with Crippen LogP contribution in [0.3, 0.4) is 0 Å². The molecule has 3 fully saturated rings. The van der Waals surface area contributed by atoms with Crippen LogP contribution < -0.4 is 5.56 Å². The third-order valence-corrected chi connectivity index (χ3v) is 6.92. The number of likely N-dealkylation sites (tertiary alicyclic amines) is 1. The first-order valence-corrected chi connectivity index (χ1v) is 11.0. The monoisotopic (exact) mass is 409 g/mol. The van der Waals surface area contributed by atoms with Crippen molar-refractivity contribution in [3.63, 3.8) is 0 Å². The van der Waals surface area contributed by atoms with Gasteiger partial charge in [0.15, 0.2) is 0 Å². The number of piperidine rings is 3. The summed E-state index contributed by atoms with van der Waals surface area (Å²) in [6.07, 6.45) is 4.79. The quantitative estimate of drug-likeness (QED) is 0.762. The van der Waals surface area contributed by atoms with Gasteiger partial charge in [0.25, 0.3) is 5.56 Å². The number of aromatic nitrogens is 3. The lowest BCUT2D eigenvalue weighted by atomic mass is 9.76. The van der Waals surface area contributed by atoms with E-state index in [9.17, 15) is 14.4 Å². The summed E-state index contributed by atoms with van der Waals surface area (Å²) < 4.78 is 1.35.